The average molecular weight is 561 g/mol. The van der Waals surface area contributed by atoms with Crippen molar-refractivity contribution in [2.75, 3.05) is 6.54 Å². The van der Waals surface area contributed by atoms with Gasteiger partial charge >= 0.3 is 5.97 Å². The van der Waals surface area contributed by atoms with E-state index in [1.807, 2.05) is 18.2 Å². The summed E-state index contributed by atoms with van der Waals surface area (Å²) in [5.41, 5.74) is 23.2. The highest BCUT2D eigenvalue weighted by atomic mass is 16.4. The van der Waals surface area contributed by atoms with Crippen molar-refractivity contribution in [3.05, 3.63) is 36.0 Å². The monoisotopic (exact) mass is 560 g/mol. The molecule has 5 amide bonds. The molecule has 0 saturated heterocycles. The Balaban J connectivity index is 2.29. The first-order chi connectivity index (χ1) is 18.9. The summed E-state index contributed by atoms with van der Waals surface area (Å²) in [5.74, 6) is -6.06. The molecular weight excluding hydrogens is 524 g/mol. The van der Waals surface area contributed by atoms with E-state index in [-0.39, 0.29) is 6.42 Å². The van der Waals surface area contributed by atoms with Crippen molar-refractivity contribution in [2.24, 2.45) is 22.9 Å². The second-order valence-corrected chi connectivity index (χ2v) is 9.32. The fraction of sp³-hybridized carbons (Fsp3) is 0.440. The molecule has 1 aromatic carbocycles. The van der Waals surface area contributed by atoms with Crippen LogP contribution in [0, 0.1) is 0 Å². The zero-order valence-electron chi connectivity index (χ0n) is 21.9. The van der Waals surface area contributed by atoms with Crippen molar-refractivity contribution in [1.29, 1.82) is 0 Å². The molecule has 1 aromatic heterocycles. The number of H-pyrrole nitrogens is 1. The summed E-state index contributed by atoms with van der Waals surface area (Å²) in [4.78, 5) is 76.5. The fourth-order valence-corrected chi connectivity index (χ4v) is 4.00. The van der Waals surface area contributed by atoms with Crippen LogP contribution in [0.2, 0.25) is 0 Å². The van der Waals surface area contributed by atoms with Crippen LogP contribution in [0.15, 0.2) is 30.5 Å². The Morgan fingerprint density at radius 3 is 2.02 bits per heavy atom. The molecule has 0 fully saturated rings. The maximum atomic E-state index is 13.4. The van der Waals surface area contributed by atoms with Crippen LogP contribution in [0.4, 0.5) is 0 Å². The first kappa shape index (κ1) is 31.7. The molecule has 2 aromatic rings. The van der Waals surface area contributed by atoms with Crippen LogP contribution in [-0.2, 0) is 35.2 Å². The van der Waals surface area contributed by atoms with Crippen LogP contribution in [0.25, 0.3) is 10.9 Å². The van der Waals surface area contributed by atoms with E-state index in [2.05, 4.69) is 20.9 Å². The molecule has 13 N–H and O–H groups in total. The number of carbonyl (C=O) groups is 6. The number of benzene rings is 1. The number of carboxylic acids is 1. The molecule has 4 unspecified atom stereocenters. The molecule has 0 aliphatic carbocycles. The third-order valence-corrected chi connectivity index (χ3v) is 6.10. The molecule has 0 spiro atoms. The topological polar surface area (TPSA) is 279 Å². The van der Waals surface area contributed by atoms with Crippen molar-refractivity contribution >= 4 is 46.4 Å². The molecule has 0 bridgehead atoms. The van der Waals surface area contributed by atoms with Gasteiger partial charge in [0.15, 0.2) is 0 Å². The second-order valence-electron chi connectivity index (χ2n) is 9.32. The highest BCUT2D eigenvalue weighted by Crippen LogP contribution is 2.19. The lowest BCUT2D eigenvalue weighted by atomic mass is 10.0. The van der Waals surface area contributed by atoms with Gasteiger partial charge in [-0.2, -0.15) is 0 Å². The third-order valence-electron chi connectivity index (χ3n) is 6.10. The molecular formula is C25H36N8O7. The molecule has 2 rings (SSSR count). The number of primary amides is 2. The Kier molecular flexibility index (Phi) is 12.0. The minimum Gasteiger partial charge on any atom is -0.480 e. The Bertz CT molecular complexity index is 1230. The van der Waals surface area contributed by atoms with E-state index >= 15 is 0 Å². The minimum absolute atomic E-state index is 0.0125. The summed E-state index contributed by atoms with van der Waals surface area (Å²) in [7, 11) is 0. The zero-order chi connectivity index (χ0) is 29.8. The van der Waals surface area contributed by atoms with E-state index in [0.29, 0.717) is 31.4 Å². The number of nitrogens with two attached hydrogens (primary N) is 4. The SMILES string of the molecule is NCCCCC(N)C(=O)NC(Cc1c[nH]c2ccccc12)C(=O)NC(CC(N)=O)C(=O)NC(CC(N)=O)C(=O)O. The number of amides is 5. The molecule has 0 saturated carbocycles. The summed E-state index contributed by atoms with van der Waals surface area (Å²) in [5, 5.41) is 17.1. The highest BCUT2D eigenvalue weighted by molar-refractivity contribution is 5.97. The van der Waals surface area contributed by atoms with E-state index in [4.69, 9.17) is 22.9 Å². The number of rotatable bonds is 17. The molecule has 0 aliphatic heterocycles. The third kappa shape index (κ3) is 9.67. The average Bonchev–Trinajstić information content (AvgIpc) is 3.29. The number of aromatic amines is 1. The number of hydrogen-bond acceptors (Lipinski definition) is 8. The van der Waals surface area contributed by atoms with Gasteiger partial charge in [-0.25, -0.2) is 4.79 Å². The van der Waals surface area contributed by atoms with Gasteiger partial charge in [-0.15, -0.1) is 0 Å². The molecule has 1 heterocycles. The molecule has 15 nitrogen and oxygen atoms in total. The predicted molar refractivity (Wildman–Crippen MR) is 144 cm³/mol. The Morgan fingerprint density at radius 2 is 1.40 bits per heavy atom. The largest absolute Gasteiger partial charge is 0.480 e. The number of fused-ring (bicyclic) bond motifs is 1. The Hall–Kier alpha value is -4.50. The maximum absolute atomic E-state index is 13.4. The summed E-state index contributed by atoms with van der Waals surface area (Å²) in [6.45, 7) is 0.436. The quantitative estimate of drug-likeness (QED) is 0.0920. The standard InChI is InChI=1S/C25H36N8O7/c26-8-4-3-6-15(27)22(36)31-17(9-13-12-30-16-7-2-1-5-14(13)16)23(37)32-18(10-20(28)34)24(38)33-19(25(39)40)11-21(29)35/h1-2,5,7,12,15,17-19,30H,3-4,6,8-11,26-27H2,(H2,28,34)(H2,29,35)(H,31,36)(H,32,37)(H,33,38)(H,39,40). The van der Waals surface area contributed by atoms with Gasteiger partial charge in [0.25, 0.3) is 0 Å². The fourth-order valence-electron chi connectivity index (χ4n) is 4.00. The van der Waals surface area contributed by atoms with Gasteiger partial charge in [0.2, 0.25) is 29.5 Å². The lowest BCUT2D eigenvalue weighted by molar-refractivity contribution is -0.144. The van der Waals surface area contributed by atoms with Crippen LogP contribution in [0.5, 0.6) is 0 Å². The normalized spacial score (nSPS) is 13.9. The molecule has 218 valence electrons. The minimum atomic E-state index is -1.70. The van der Waals surface area contributed by atoms with Crippen molar-refractivity contribution in [3.8, 4) is 0 Å². The van der Waals surface area contributed by atoms with Crippen molar-refractivity contribution in [3.63, 3.8) is 0 Å². The summed E-state index contributed by atoms with van der Waals surface area (Å²) in [6, 6.07) is 1.80. The molecule has 0 radical (unpaired) electrons. The van der Waals surface area contributed by atoms with Crippen molar-refractivity contribution in [2.45, 2.75) is 62.7 Å². The number of carboxylic acid groups (broad SMARTS) is 1. The van der Waals surface area contributed by atoms with Crippen LogP contribution in [0.1, 0.15) is 37.7 Å². The highest BCUT2D eigenvalue weighted by Gasteiger charge is 2.32. The van der Waals surface area contributed by atoms with Gasteiger partial charge < -0.3 is 49.0 Å². The summed E-state index contributed by atoms with van der Waals surface area (Å²) >= 11 is 0. The summed E-state index contributed by atoms with van der Waals surface area (Å²) < 4.78 is 0. The van der Waals surface area contributed by atoms with E-state index in [0.717, 1.165) is 10.9 Å². The molecule has 40 heavy (non-hydrogen) atoms. The van der Waals surface area contributed by atoms with E-state index < -0.39 is 72.5 Å². The summed E-state index contributed by atoms with van der Waals surface area (Å²) in [6.07, 6.45) is 1.84. The molecule has 15 heteroatoms. The van der Waals surface area contributed by atoms with Crippen molar-refractivity contribution in [1.82, 2.24) is 20.9 Å². The van der Waals surface area contributed by atoms with Crippen LogP contribution in [0.3, 0.4) is 0 Å². The number of para-hydroxylation sites is 1. The number of aliphatic carboxylic acids is 1. The van der Waals surface area contributed by atoms with Gasteiger partial charge in [0, 0.05) is 23.5 Å². The van der Waals surface area contributed by atoms with E-state index in [1.54, 1.807) is 12.3 Å². The van der Waals surface area contributed by atoms with Gasteiger partial charge in [-0.05, 0) is 31.0 Å². The Morgan fingerprint density at radius 1 is 0.825 bits per heavy atom. The predicted octanol–water partition coefficient (Wildman–Crippen LogP) is -2.54. The first-order valence-corrected chi connectivity index (χ1v) is 12.6. The van der Waals surface area contributed by atoms with Crippen molar-refractivity contribution < 1.29 is 33.9 Å². The van der Waals surface area contributed by atoms with Crippen LogP contribution >= 0.6 is 0 Å². The molecule has 4 atom stereocenters. The van der Waals surface area contributed by atoms with E-state index in [1.165, 1.54) is 0 Å². The van der Waals surface area contributed by atoms with Crippen LogP contribution < -0.4 is 38.9 Å². The number of aromatic nitrogens is 1. The zero-order valence-corrected chi connectivity index (χ0v) is 21.9. The first-order valence-electron chi connectivity index (χ1n) is 12.6. The van der Waals surface area contributed by atoms with Gasteiger partial charge in [-0.3, -0.25) is 24.0 Å². The van der Waals surface area contributed by atoms with Gasteiger partial charge in [0.05, 0.1) is 18.9 Å². The lowest BCUT2D eigenvalue weighted by Crippen LogP contribution is -2.58. The number of unbranched alkanes of at least 4 members (excludes halogenated alkanes) is 1. The second kappa shape index (κ2) is 15.2. The molecule has 0 aliphatic rings. The lowest BCUT2D eigenvalue weighted by Gasteiger charge is -2.24. The number of carbonyl (C=O) groups excluding carboxylic acids is 5. The maximum Gasteiger partial charge on any atom is 0.326 e. The number of hydrogen-bond donors (Lipinski definition) is 9. The van der Waals surface area contributed by atoms with Gasteiger partial charge in [0.1, 0.15) is 18.1 Å². The van der Waals surface area contributed by atoms with Gasteiger partial charge in [-0.1, -0.05) is 24.6 Å². The van der Waals surface area contributed by atoms with Crippen LogP contribution in [-0.4, -0.2) is 76.3 Å². The Labute approximate surface area is 229 Å². The smallest absolute Gasteiger partial charge is 0.326 e. The number of nitrogens with one attached hydrogen (secondary N) is 4. The van der Waals surface area contributed by atoms with E-state index in [9.17, 15) is 33.9 Å².